The highest BCUT2D eigenvalue weighted by molar-refractivity contribution is 8.00. The molecule has 0 radical (unpaired) electrons. The Morgan fingerprint density at radius 1 is 0.919 bits per heavy atom. The zero-order valence-corrected chi connectivity index (χ0v) is 24.9. The van der Waals surface area contributed by atoms with Crippen molar-refractivity contribution in [1.82, 2.24) is 5.32 Å². The summed E-state index contributed by atoms with van der Waals surface area (Å²) in [4.78, 5) is 38.9. The number of guanidine groups is 1. The molecule has 2 aromatic rings. The smallest absolute Gasteiger partial charge is 0.437 e. The SMILES string of the molecule is Cc1cc(C)c(CC(=O)S)c(C)c1.Cc1cc(C)c(SCC(=O)NC(N)=NC(=O)OC(C)(C)C)c(C)c1. The number of aliphatic imine (C=N–C) groups is 1. The van der Waals surface area contributed by atoms with Crippen molar-refractivity contribution < 1.29 is 19.1 Å². The van der Waals surface area contributed by atoms with Gasteiger partial charge in [0.25, 0.3) is 0 Å². The summed E-state index contributed by atoms with van der Waals surface area (Å²) in [6.45, 7) is 17.4. The van der Waals surface area contributed by atoms with E-state index >= 15 is 0 Å². The van der Waals surface area contributed by atoms with E-state index in [9.17, 15) is 14.4 Å². The van der Waals surface area contributed by atoms with E-state index in [1.807, 2.05) is 34.6 Å². The van der Waals surface area contributed by atoms with Crippen LogP contribution in [0.3, 0.4) is 0 Å². The van der Waals surface area contributed by atoms with Gasteiger partial charge < -0.3 is 10.5 Å². The second-order valence-corrected chi connectivity index (χ2v) is 11.5. The Bertz CT molecular complexity index is 1140. The molecule has 0 heterocycles. The Morgan fingerprint density at radius 2 is 1.38 bits per heavy atom. The summed E-state index contributed by atoms with van der Waals surface area (Å²) >= 11 is 5.21. The molecular formula is C28H39N3O4S2. The maximum Gasteiger partial charge on any atom is 0.437 e. The molecule has 0 aliphatic carbocycles. The third-order valence-corrected chi connectivity index (χ3v) is 6.49. The molecule has 0 atom stereocenters. The van der Waals surface area contributed by atoms with Crippen LogP contribution >= 0.6 is 24.4 Å². The topological polar surface area (TPSA) is 111 Å². The number of benzene rings is 2. The van der Waals surface area contributed by atoms with Crippen LogP contribution < -0.4 is 11.1 Å². The quantitative estimate of drug-likeness (QED) is 0.193. The van der Waals surface area contributed by atoms with E-state index < -0.39 is 11.7 Å². The van der Waals surface area contributed by atoms with Crippen molar-refractivity contribution >= 4 is 47.5 Å². The molecule has 9 heteroatoms. The van der Waals surface area contributed by atoms with Gasteiger partial charge in [0.05, 0.1) is 5.75 Å². The first-order chi connectivity index (χ1) is 17.0. The summed E-state index contributed by atoms with van der Waals surface area (Å²) in [6.07, 6.45) is -0.403. The summed E-state index contributed by atoms with van der Waals surface area (Å²) in [5.74, 6) is -0.425. The molecule has 0 unspecified atom stereocenters. The number of hydrogen-bond donors (Lipinski definition) is 3. The molecule has 0 aliphatic rings. The Morgan fingerprint density at radius 3 is 1.81 bits per heavy atom. The van der Waals surface area contributed by atoms with Gasteiger partial charge in [0.2, 0.25) is 11.9 Å². The number of nitrogens with two attached hydrogens (primary N) is 1. The van der Waals surface area contributed by atoms with Crippen molar-refractivity contribution in [3.05, 3.63) is 63.2 Å². The fraction of sp³-hybridized carbons (Fsp3) is 0.429. The van der Waals surface area contributed by atoms with Gasteiger partial charge >= 0.3 is 6.09 Å². The first-order valence-corrected chi connectivity index (χ1v) is 13.3. The van der Waals surface area contributed by atoms with E-state index in [0.29, 0.717) is 6.42 Å². The molecule has 0 bridgehead atoms. The predicted octanol–water partition coefficient (Wildman–Crippen LogP) is 5.68. The third-order valence-electron chi connectivity index (χ3n) is 4.99. The zero-order valence-electron chi connectivity index (χ0n) is 23.2. The normalized spacial score (nSPS) is 11.4. The molecule has 3 N–H and O–H groups in total. The number of amides is 2. The Hall–Kier alpha value is -2.78. The van der Waals surface area contributed by atoms with Crippen LogP contribution in [-0.2, 0) is 20.7 Å². The number of thioether (sulfide) groups is 1. The molecule has 2 rings (SSSR count). The van der Waals surface area contributed by atoms with Crippen LogP contribution in [0.4, 0.5) is 4.79 Å². The highest BCUT2D eigenvalue weighted by Crippen LogP contribution is 2.27. The van der Waals surface area contributed by atoms with Crippen molar-refractivity contribution in [2.75, 3.05) is 5.75 Å². The van der Waals surface area contributed by atoms with Crippen LogP contribution in [0.1, 0.15) is 59.7 Å². The van der Waals surface area contributed by atoms with Crippen LogP contribution in [-0.4, -0.2) is 34.4 Å². The van der Waals surface area contributed by atoms with Crippen molar-refractivity contribution in [2.45, 2.75) is 79.2 Å². The number of ether oxygens (including phenoxy) is 1. The van der Waals surface area contributed by atoms with Crippen molar-refractivity contribution in [3.8, 4) is 0 Å². The van der Waals surface area contributed by atoms with Crippen LogP contribution in [0.15, 0.2) is 34.2 Å². The molecule has 0 saturated carbocycles. The van der Waals surface area contributed by atoms with Crippen molar-refractivity contribution in [3.63, 3.8) is 0 Å². The maximum absolute atomic E-state index is 11.9. The lowest BCUT2D eigenvalue weighted by Gasteiger charge is -2.17. The minimum absolute atomic E-state index is 0.0740. The van der Waals surface area contributed by atoms with Crippen LogP contribution in [0.25, 0.3) is 0 Å². The van der Waals surface area contributed by atoms with Gasteiger partial charge in [-0.05, 0) is 90.1 Å². The maximum atomic E-state index is 11.9. The molecule has 37 heavy (non-hydrogen) atoms. The monoisotopic (exact) mass is 545 g/mol. The number of hydrogen-bond acceptors (Lipinski definition) is 5. The Kier molecular flexibility index (Phi) is 12.4. The third kappa shape index (κ3) is 12.3. The molecule has 202 valence electrons. The second kappa shape index (κ2) is 14.2. The van der Waals surface area contributed by atoms with Gasteiger partial charge in [-0.1, -0.05) is 35.4 Å². The molecular weight excluding hydrogens is 506 g/mol. The molecule has 7 nitrogen and oxygen atoms in total. The average molecular weight is 546 g/mol. The fourth-order valence-electron chi connectivity index (χ4n) is 3.76. The lowest BCUT2D eigenvalue weighted by Crippen LogP contribution is -2.39. The van der Waals surface area contributed by atoms with Gasteiger partial charge in [0.15, 0.2) is 5.12 Å². The van der Waals surface area contributed by atoms with E-state index in [2.05, 4.69) is 54.1 Å². The number of thiol groups is 1. The molecule has 2 aromatic carbocycles. The predicted molar refractivity (Wildman–Crippen MR) is 156 cm³/mol. The van der Waals surface area contributed by atoms with Crippen LogP contribution in [0.5, 0.6) is 0 Å². The lowest BCUT2D eigenvalue weighted by atomic mass is 9.98. The summed E-state index contributed by atoms with van der Waals surface area (Å²) < 4.78 is 5.00. The average Bonchev–Trinajstić information content (AvgIpc) is 2.68. The van der Waals surface area contributed by atoms with E-state index in [1.54, 1.807) is 20.8 Å². The van der Waals surface area contributed by atoms with Gasteiger partial charge in [-0.2, -0.15) is 0 Å². The van der Waals surface area contributed by atoms with Crippen molar-refractivity contribution in [2.24, 2.45) is 10.7 Å². The van der Waals surface area contributed by atoms with Crippen molar-refractivity contribution in [1.29, 1.82) is 0 Å². The molecule has 0 aromatic heterocycles. The first kappa shape index (κ1) is 32.2. The van der Waals surface area contributed by atoms with Gasteiger partial charge in [0.1, 0.15) is 5.60 Å². The standard InChI is InChI=1S/C17H25N3O3S.C11H14OS/c1-10-7-11(2)14(12(3)8-10)24-9-13(21)19-15(18)20-16(22)23-17(4,5)6;1-7-4-8(2)10(6-11(12)13)9(3)5-7/h7-8H,9H2,1-6H3,(H3,18,19,20,21,22);4-5H,6H2,1-3H3,(H,12,13). The first-order valence-electron chi connectivity index (χ1n) is 11.8. The summed E-state index contributed by atoms with van der Waals surface area (Å²) in [5.41, 5.74) is 13.0. The van der Waals surface area contributed by atoms with E-state index in [0.717, 1.165) is 21.6 Å². The fourth-order valence-corrected chi connectivity index (χ4v) is 4.84. The molecule has 2 amide bonds. The second-order valence-electron chi connectivity index (χ2n) is 9.99. The van der Waals surface area contributed by atoms with Gasteiger partial charge in [-0.25, -0.2) is 4.79 Å². The van der Waals surface area contributed by atoms with Gasteiger partial charge in [-0.15, -0.1) is 29.4 Å². The highest BCUT2D eigenvalue weighted by Gasteiger charge is 2.16. The number of carbonyl (C=O) groups excluding carboxylic acids is 3. The van der Waals surface area contributed by atoms with Crippen LogP contribution in [0.2, 0.25) is 0 Å². The molecule has 0 saturated heterocycles. The Labute approximate surface area is 230 Å². The number of aryl methyl sites for hydroxylation is 6. The minimum atomic E-state index is -0.835. The molecule has 0 spiro atoms. The van der Waals surface area contributed by atoms with E-state index in [-0.39, 0.29) is 22.7 Å². The summed E-state index contributed by atoms with van der Waals surface area (Å²) in [5, 5.41) is 2.31. The molecule has 0 aliphatic heterocycles. The van der Waals surface area contributed by atoms with E-state index in [1.165, 1.54) is 34.0 Å². The highest BCUT2D eigenvalue weighted by atomic mass is 32.2. The lowest BCUT2D eigenvalue weighted by molar-refractivity contribution is -0.117. The number of nitrogens with zero attached hydrogens (tertiary/aromatic N) is 1. The number of carbonyl (C=O) groups is 3. The minimum Gasteiger partial charge on any atom is -0.442 e. The molecule has 0 fully saturated rings. The van der Waals surface area contributed by atoms with E-state index in [4.69, 9.17) is 10.5 Å². The number of rotatable bonds is 5. The largest absolute Gasteiger partial charge is 0.442 e. The van der Waals surface area contributed by atoms with Gasteiger partial charge in [0, 0.05) is 11.3 Å². The summed E-state index contributed by atoms with van der Waals surface area (Å²) in [7, 11) is 0. The van der Waals surface area contributed by atoms with Gasteiger partial charge in [-0.3, -0.25) is 14.9 Å². The number of nitrogens with one attached hydrogen (secondary N) is 1. The Balaban J connectivity index is 0.000000442. The van der Waals surface area contributed by atoms with Crippen LogP contribution in [0, 0.1) is 41.5 Å². The summed E-state index contributed by atoms with van der Waals surface area (Å²) in [6, 6.07) is 8.34. The zero-order chi connectivity index (χ0) is 28.5.